The molecule has 0 atom stereocenters. The van der Waals surface area contributed by atoms with E-state index in [4.69, 9.17) is 0 Å². The first-order chi connectivity index (χ1) is 11.3. The fourth-order valence-corrected chi connectivity index (χ4v) is 3.51. The maximum atomic E-state index is 2.36. The molecule has 0 unspecified atom stereocenters. The van der Waals surface area contributed by atoms with Gasteiger partial charge in [-0.1, -0.05) is 92.7 Å². The lowest BCUT2D eigenvalue weighted by atomic mass is 9.91. The number of benzene rings is 2. The molecule has 0 fully saturated rings. The average Bonchev–Trinajstić information content (AvgIpc) is 2.77. The van der Waals surface area contributed by atoms with Crippen LogP contribution >= 0.6 is 0 Å². The van der Waals surface area contributed by atoms with Crippen molar-refractivity contribution in [1.29, 1.82) is 0 Å². The molecular weight excluding hydrogens is 276 g/mol. The van der Waals surface area contributed by atoms with Crippen molar-refractivity contribution in [2.45, 2.75) is 19.8 Å². The average molecular weight is 296 g/mol. The monoisotopic (exact) mass is 296 g/mol. The van der Waals surface area contributed by atoms with E-state index < -0.39 is 0 Å². The Balaban J connectivity index is 2.11. The quantitative estimate of drug-likeness (QED) is 0.384. The van der Waals surface area contributed by atoms with Crippen LogP contribution in [0.15, 0.2) is 78.9 Å². The van der Waals surface area contributed by atoms with Crippen LogP contribution in [-0.2, 0) is 0 Å². The Morgan fingerprint density at radius 2 is 1.35 bits per heavy atom. The Morgan fingerprint density at radius 1 is 0.652 bits per heavy atom. The highest BCUT2D eigenvalue weighted by molar-refractivity contribution is 6.02. The number of rotatable bonds is 2. The van der Waals surface area contributed by atoms with Gasteiger partial charge in [0.05, 0.1) is 0 Å². The van der Waals surface area contributed by atoms with Gasteiger partial charge in [0.15, 0.2) is 0 Å². The van der Waals surface area contributed by atoms with E-state index in [1.807, 2.05) is 0 Å². The van der Waals surface area contributed by atoms with Gasteiger partial charge < -0.3 is 0 Å². The predicted octanol–water partition coefficient (Wildman–Crippen LogP) is 6.74. The smallest absolute Gasteiger partial charge is 0.00642 e. The van der Waals surface area contributed by atoms with Gasteiger partial charge in [0, 0.05) is 0 Å². The van der Waals surface area contributed by atoms with Crippen LogP contribution in [0.5, 0.6) is 0 Å². The second-order valence-corrected chi connectivity index (χ2v) is 6.44. The van der Waals surface area contributed by atoms with E-state index in [0.717, 1.165) is 0 Å². The van der Waals surface area contributed by atoms with Crippen LogP contribution < -0.4 is 0 Å². The lowest BCUT2D eigenvalue weighted by molar-refractivity contribution is 0.874. The van der Waals surface area contributed by atoms with Crippen molar-refractivity contribution in [3.63, 3.8) is 0 Å². The summed E-state index contributed by atoms with van der Waals surface area (Å²) in [6, 6.07) is 28.5. The van der Waals surface area contributed by atoms with Gasteiger partial charge in [-0.2, -0.15) is 0 Å². The second kappa shape index (κ2) is 5.55. The van der Waals surface area contributed by atoms with E-state index in [0.29, 0.717) is 5.92 Å². The Bertz CT molecular complexity index is 942. The zero-order valence-electron chi connectivity index (χ0n) is 13.6. The zero-order chi connectivity index (χ0) is 15.8. The van der Waals surface area contributed by atoms with Crippen LogP contribution in [0, 0.1) is 0 Å². The maximum absolute atomic E-state index is 2.36. The Hall–Kier alpha value is -2.60. The molecule has 23 heavy (non-hydrogen) atoms. The molecule has 0 heteroatoms. The van der Waals surface area contributed by atoms with Crippen molar-refractivity contribution in [3.05, 3.63) is 84.4 Å². The summed E-state index contributed by atoms with van der Waals surface area (Å²) in [7, 11) is 0. The van der Waals surface area contributed by atoms with E-state index in [1.54, 1.807) is 0 Å². The molecule has 2 aliphatic carbocycles. The van der Waals surface area contributed by atoms with Crippen LogP contribution in [0.2, 0.25) is 0 Å². The predicted molar refractivity (Wildman–Crippen MR) is 100 cm³/mol. The molecular formula is C23H20. The minimum absolute atomic E-state index is 0.502. The molecule has 0 saturated heterocycles. The molecule has 0 bridgehead atoms. The normalized spacial score (nSPS) is 11.4. The standard InChI is InChI=1S/C23H20/c1-16(2)22-15-18-10-4-3-5-13-20(18)23(22)21-14-8-11-17-9-6-7-12-19(17)21/h3-16H,1-2H3. The molecule has 0 amide bonds. The van der Waals surface area contributed by atoms with Crippen molar-refractivity contribution >= 4 is 10.8 Å². The molecule has 0 spiro atoms. The largest absolute Gasteiger partial charge is 0.0622 e. The van der Waals surface area contributed by atoms with Crippen LogP contribution in [0.1, 0.15) is 25.3 Å². The van der Waals surface area contributed by atoms with Gasteiger partial charge in [0.2, 0.25) is 0 Å². The summed E-state index contributed by atoms with van der Waals surface area (Å²) in [5, 5.41) is 2.63. The summed E-state index contributed by atoms with van der Waals surface area (Å²) in [5.41, 5.74) is 6.83. The summed E-state index contributed by atoms with van der Waals surface area (Å²) < 4.78 is 0. The zero-order valence-corrected chi connectivity index (χ0v) is 13.6. The highest BCUT2D eigenvalue weighted by atomic mass is 14.2. The van der Waals surface area contributed by atoms with Crippen LogP contribution in [0.3, 0.4) is 0 Å². The van der Waals surface area contributed by atoms with E-state index in [-0.39, 0.29) is 0 Å². The topological polar surface area (TPSA) is 0 Å². The molecule has 2 aliphatic rings. The van der Waals surface area contributed by atoms with Gasteiger partial charge in [-0.05, 0) is 44.5 Å². The number of hydrogen-bond donors (Lipinski definition) is 0. The molecule has 2 aromatic rings. The first-order valence-corrected chi connectivity index (χ1v) is 8.25. The van der Waals surface area contributed by atoms with Crippen LogP contribution in [-0.4, -0.2) is 0 Å². The summed E-state index contributed by atoms with van der Waals surface area (Å²) in [4.78, 5) is 0. The minimum Gasteiger partial charge on any atom is -0.0622 e. The summed E-state index contributed by atoms with van der Waals surface area (Å²) >= 11 is 0. The summed E-state index contributed by atoms with van der Waals surface area (Å²) in [5.74, 6) is 0.502. The third kappa shape index (κ3) is 2.31. The van der Waals surface area contributed by atoms with Gasteiger partial charge in [0.25, 0.3) is 0 Å². The molecule has 4 rings (SSSR count). The van der Waals surface area contributed by atoms with Crippen molar-refractivity contribution < 1.29 is 0 Å². The number of fused-ring (bicyclic) bond motifs is 2. The van der Waals surface area contributed by atoms with Crippen molar-refractivity contribution in [2.75, 3.05) is 0 Å². The van der Waals surface area contributed by atoms with Crippen LogP contribution in [0.4, 0.5) is 0 Å². The van der Waals surface area contributed by atoms with Gasteiger partial charge in [-0.3, -0.25) is 0 Å². The van der Waals surface area contributed by atoms with E-state index in [1.165, 1.54) is 38.6 Å². The molecule has 0 heterocycles. The number of hydrogen-bond acceptors (Lipinski definition) is 0. The van der Waals surface area contributed by atoms with Crippen LogP contribution in [0.25, 0.3) is 33.0 Å². The lowest BCUT2D eigenvalue weighted by Crippen LogP contribution is -1.89. The molecule has 0 radical (unpaired) electrons. The lowest BCUT2D eigenvalue weighted by Gasteiger charge is -2.12. The van der Waals surface area contributed by atoms with E-state index in [2.05, 4.69) is 92.7 Å². The van der Waals surface area contributed by atoms with E-state index in [9.17, 15) is 0 Å². The summed E-state index contributed by atoms with van der Waals surface area (Å²) in [6.45, 7) is 4.56. The molecule has 0 nitrogen and oxygen atoms in total. The SMILES string of the molecule is CC(C)c1cc2cccccc-2c1-c1cccc2ccccc12. The first kappa shape index (κ1) is 14.0. The fraction of sp³-hybridized carbons (Fsp3) is 0.130. The maximum Gasteiger partial charge on any atom is -0.00642 e. The third-order valence-electron chi connectivity index (χ3n) is 4.62. The van der Waals surface area contributed by atoms with Crippen molar-refractivity contribution in [2.24, 2.45) is 0 Å². The summed E-state index contributed by atoms with van der Waals surface area (Å²) in [6.07, 6.45) is 0. The molecule has 112 valence electrons. The molecule has 2 aromatic carbocycles. The molecule has 0 aliphatic heterocycles. The van der Waals surface area contributed by atoms with Gasteiger partial charge in [0.1, 0.15) is 0 Å². The second-order valence-electron chi connectivity index (χ2n) is 6.44. The van der Waals surface area contributed by atoms with Gasteiger partial charge >= 0.3 is 0 Å². The molecule has 0 aromatic heterocycles. The molecule has 0 saturated carbocycles. The van der Waals surface area contributed by atoms with Crippen molar-refractivity contribution in [3.8, 4) is 22.3 Å². The highest BCUT2D eigenvalue weighted by Gasteiger charge is 2.19. The first-order valence-electron chi connectivity index (χ1n) is 8.25. The Labute approximate surface area is 137 Å². The third-order valence-corrected chi connectivity index (χ3v) is 4.62. The Morgan fingerprint density at radius 3 is 2.22 bits per heavy atom. The fourth-order valence-electron chi connectivity index (χ4n) is 3.51. The van der Waals surface area contributed by atoms with Gasteiger partial charge in [-0.15, -0.1) is 0 Å². The molecule has 0 N–H and O–H groups in total. The minimum atomic E-state index is 0.502. The highest BCUT2D eigenvalue weighted by Crippen LogP contribution is 2.44. The Kier molecular flexibility index (Phi) is 3.38. The van der Waals surface area contributed by atoms with E-state index >= 15 is 0 Å². The van der Waals surface area contributed by atoms with Gasteiger partial charge in [-0.25, -0.2) is 0 Å². The van der Waals surface area contributed by atoms with Crippen molar-refractivity contribution in [1.82, 2.24) is 0 Å².